The van der Waals surface area contributed by atoms with Gasteiger partial charge in [0.05, 0.1) is 18.4 Å². The molecule has 25 heavy (non-hydrogen) atoms. The van der Waals surface area contributed by atoms with Crippen LogP contribution in [0.15, 0.2) is 24.3 Å². The number of methoxy groups -OCH3 is 1. The second-order valence-electron chi connectivity index (χ2n) is 7.60. The van der Waals surface area contributed by atoms with Crippen LogP contribution in [-0.2, 0) is 15.0 Å². The van der Waals surface area contributed by atoms with Crippen LogP contribution >= 0.6 is 0 Å². The van der Waals surface area contributed by atoms with Crippen LogP contribution in [-0.4, -0.2) is 42.1 Å². The number of piperidine rings is 1. The van der Waals surface area contributed by atoms with E-state index in [1.165, 1.54) is 0 Å². The van der Waals surface area contributed by atoms with Crippen molar-refractivity contribution in [2.24, 2.45) is 11.8 Å². The molecule has 0 radical (unpaired) electrons. The SMILES string of the molecule is COc1ccc(C2(C(=O)N3CC(C)CC(C(=O)O)C3)CCCC2)cc1. The van der Waals surface area contributed by atoms with Gasteiger partial charge in [-0.2, -0.15) is 0 Å². The van der Waals surface area contributed by atoms with Crippen LogP contribution in [0.1, 0.15) is 44.6 Å². The summed E-state index contributed by atoms with van der Waals surface area (Å²) in [7, 11) is 1.63. The number of likely N-dealkylation sites (tertiary alicyclic amines) is 1. The van der Waals surface area contributed by atoms with Crippen LogP contribution in [0.4, 0.5) is 0 Å². The monoisotopic (exact) mass is 345 g/mol. The van der Waals surface area contributed by atoms with Gasteiger partial charge in [0.25, 0.3) is 0 Å². The van der Waals surface area contributed by atoms with E-state index in [2.05, 4.69) is 0 Å². The van der Waals surface area contributed by atoms with E-state index in [1.54, 1.807) is 7.11 Å². The smallest absolute Gasteiger partial charge is 0.308 e. The van der Waals surface area contributed by atoms with E-state index < -0.39 is 17.3 Å². The van der Waals surface area contributed by atoms with Crippen molar-refractivity contribution in [2.75, 3.05) is 20.2 Å². The Bertz CT molecular complexity index is 634. The molecule has 1 amide bonds. The highest BCUT2D eigenvalue weighted by atomic mass is 16.5. The highest BCUT2D eigenvalue weighted by Gasteiger charge is 2.46. The third kappa shape index (κ3) is 3.37. The minimum absolute atomic E-state index is 0.105. The van der Waals surface area contributed by atoms with Crippen LogP contribution in [0.2, 0.25) is 0 Å². The molecule has 2 fully saturated rings. The van der Waals surface area contributed by atoms with Crippen molar-refractivity contribution in [1.29, 1.82) is 0 Å². The van der Waals surface area contributed by atoms with Crippen molar-refractivity contribution in [3.63, 3.8) is 0 Å². The number of aliphatic carboxylic acids is 1. The third-order valence-electron chi connectivity index (χ3n) is 5.81. The Hall–Kier alpha value is -2.04. The van der Waals surface area contributed by atoms with Crippen LogP contribution in [0.5, 0.6) is 5.75 Å². The molecule has 1 aliphatic carbocycles. The van der Waals surface area contributed by atoms with Gasteiger partial charge in [0.1, 0.15) is 5.75 Å². The van der Waals surface area contributed by atoms with Crippen LogP contribution in [0, 0.1) is 11.8 Å². The molecule has 0 bridgehead atoms. The second kappa shape index (κ2) is 7.06. The first-order chi connectivity index (χ1) is 12.0. The van der Waals surface area contributed by atoms with E-state index in [0.29, 0.717) is 19.5 Å². The van der Waals surface area contributed by atoms with Gasteiger partial charge in [-0.3, -0.25) is 9.59 Å². The number of carbonyl (C=O) groups is 2. The number of ether oxygens (including phenoxy) is 1. The molecule has 1 aromatic rings. The Morgan fingerprint density at radius 3 is 2.36 bits per heavy atom. The lowest BCUT2D eigenvalue weighted by Gasteiger charge is -2.40. The summed E-state index contributed by atoms with van der Waals surface area (Å²) in [5.41, 5.74) is 0.521. The topological polar surface area (TPSA) is 66.8 Å². The van der Waals surface area contributed by atoms with Gasteiger partial charge in [-0.1, -0.05) is 31.9 Å². The van der Waals surface area contributed by atoms with Crippen molar-refractivity contribution >= 4 is 11.9 Å². The number of benzene rings is 1. The Morgan fingerprint density at radius 1 is 1.16 bits per heavy atom. The van der Waals surface area contributed by atoms with Crippen molar-refractivity contribution in [2.45, 2.75) is 44.4 Å². The minimum Gasteiger partial charge on any atom is -0.497 e. The lowest BCUT2D eigenvalue weighted by molar-refractivity contribution is -0.148. The zero-order valence-corrected chi connectivity index (χ0v) is 15.0. The zero-order chi connectivity index (χ0) is 18.0. The first-order valence-electron chi connectivity index (χ1n) is 9.13. The molecule has 5 nitrogen and oxygen atoms in total. The fourth-order valence-corrected chi connectivity index (χ4v) is 4.51. The van der Waals surface area contributed by atoms with E-state index in [0.717, 1.165) is 37.0 Å². The van der Waals surface area contributed by atoms with Gasteiger partial charge in [0.2, 0.25) is 5.91 Å². The molecule has 2 atom stereocenters. The number of carboxylic acids is 1. The molecule has 1 heterocycles. The lowest BCUT2D eigenvalue weighted by atomic mass is 9.76. The Kier molecular flexibility index (Phi) is 5.02. The molecule has 1 saturated carbocycles. The van der Waals surface area contributed by atoms with Gasteiger partial charge in [0, 0.05) is 13.1 Å². The van der Waals surface area contributed by atoms with Crippen LogP contribution < -0.4 is 4.74 Å². The highest BCUT2D eigenvalue weighted by molar-refractivity contribution is 5.89. The largest absolute Gasteiger partial charge is 0.497 e. The average molecular weight is 345 g/mol. The summed E-state index contributed by atoms with van der Waals surface area (Å²) in [4.78, 5) is 26.8. The summed E-state index contributed by atoms with van der Waals surface area (Å²) >= 11 is 0. The number of carboxylic acid groups (broad SMARTS) is 1. The van der Waals surface area contributed by atoms with E-state index in [9.17, 15) is 14.7 Å². The fraction of sp³-hybridized carbons (Fsp3) is 0.600. The molecular weight excluding hydrogens is 318 g/mol. The van der Waals surface area contributed by atoms with Crippen molar-refractivity contribution in [3.8, 4) is 5.75 Å². The molecule has 1 aromatic carbocycles. The molecular formula is C20H27NO4. The zero-order valence-electron chi connectivity index (χ0n) is 15.0. The molecule has 2 unspecified atom stereocenters. The first-order valence-corrected chi connectivity index (χ1v) is 9.13. The van der Waals surface area contributed by atoms with Gasteiger partial charge in [-0.05, 0) is 42.9 Å². The molecule has 5 heteroatoms. The highest BCUT2D eigenvalue weighted by Crippen LogP contribution is 2.44. The number of carbonyl (C=O) groups excluding carboxylic acids is 1. The molecule has 3 rings (SSSR count). The maximum Gasteiger partial charge on any atom is 0.308 e. The van der Waals surface area contributed by atoms with Gasteiger partial charge < -0.3 is 14.7 Å². The van der Waals surface area contributed by atoms with Gasteiger partial charge in [-0.25, -0.2) is 0 Å². The molecule has 1 saturated heterocycles. The third-order valence-corrected chi connectivity index (χ3v) is 5.81. The second-order valence-corrected chi connectivity index (χ2v) is 7.60. The molecule has 136 valence electrons. The van der Waals surface area contributed by atoms with E-state index in [4.69, 9.17) is 4.74 Å². The average Bonchev–Trinajstić information content (AvgIpc) is 3.11. The van der Waals surface area contributed by atoms with Crippen LogP contribution in [0.25, 0.3) is 0 Å². The summed E-state index contributed by atoms with van der Waals surface area (Å²) < 4.78 is 5.24. The maximum atomic E-state index is 13.5. The van der Waals surface area contributed by atoms with E-state index in [-0.39, 0.29) is 11.8 Å². The number of amides is 1. The van der Waals surface area contributed by atoms with Crippen molar-refractivity contribution in [1.82, 2.24) is 4.90 Å². The summed E-state index contributed by atoms with van der Waals surface area (Å²) in [5.74, 6) is -0.153. The number of nitrogens with zero attached hydrogens (tertiary/aromatic N) is 1. The summed E-state index contributed by atoms with van der Waals surface area (Å²) in [6.07, 6.45) is 4.38. The Balaban J connectivity index is 1.88. The number of hydrogen-bond donors (Lipinski definition) is 1. The molecule has 2 aliphatic rings. The minimum atomic E-state index is -0.797. The summed E-state index contributed by atoms with van der Waals surface area (Å²) in [5, 5.41) is 9.41. The first kappa shape index (κ1) is 17.8. The normalized spacial score (nSPS) is 25.6. The van der Waals surface area contributed by atoms with Crippen molar-refractivity contribution < 1.29 is 19.4 Å². The molecule has 1 N–H and O–H groups in total. The lowest BCUT2D eigenvalue weighted by Crippen LogP contribution is -2.52. The standard InChI is InChI=1S/C20H27NO4/c1-14-11-15(18(22)23)13-21(12-14)19(24)20(9-3-4-10-20)16-5-7-17(25-2)8-6-16/h5-8,14-15H,3-4,9-13H2,1-2H3,(H,22,23). The Morgan fingerprint density at radius 2 is 1.80 bits per heavy atom. The Labute approximate surface area is 149 Å². The number of rotatable bonds is 4. The maximum absolute atomic E-state index is 13.5. The van der Waals surface area contributed by atoms with E-state index in [1.807, 2.05) is 36.1 Å². The fourth-order valence-electron chi connectivity index (χ4n) is 4.51. The van der Waals surface area contributed by atoms with Crippen LogP contribution in [0.3, 0.4) is 0 Å². The quantitative estimate of drug-likeness (QED) is 0.911. The molecule has 0 aromatic heterocycles. The summed E-state index contributed by atoms with van der Waals surface area (Å²) in [6.45, 7) is 3.01. The van der Waals surface area contributed by atoms with E-state index >= 15 is 0 Å². The molecule has 1 aliphatic heterocycles. The van der Waals surface area contributed by atoms with Crippen molar-refractivity contribution in [3.05, 3.63) is 29.8 Å². The number of hydrogen-bond acceptors (Lipinski definition) is 3. The van der Waals surface area contributed by atoms with Gasteiger partial charge >= 0.3 is 5.97 Å². The summed E-state index contributed by atoms with van der Waals surface area (Å²) in [6, 6.07) is 7.79. The molecule has 0 spiro atoms. The van der Waals surface area contributed by atoms with Gasteiger partial charge in [0.15, 0.2) is 0 Å². The van der Waals surface area contributed by atoms with Gasteiger partial charge in [-0.15, -0.1) is 0 Å². The predicted octanol–water partition coefficient (Wildman–Crippen LogP) is 3.08. The predicted molar refractivity (Wildman–Crippen MR) is 94.6 cm³/mol.